The molecule has 13 heavy (non-hydrogen) atoms. The molecule has 0 bridgehead atoms. The summed E-state index contributed by atoms with van der Waals surface area (Å²) in [4.78, 5) is 0.566. The van der Waals surface area contributed by atoms with Gasteiger partial charge in [0.1, 0.15) is 5.75 Å². The van der Waals surface area contributed by atoms with Gasteiger partial charge in [-0.3, -0.25) is 0 Å². The van der Waals surface area contributed by atoms with Crippen molar-refractivity contribution in [2.45, 2.75) is 11.8 Å². The van der Waals surface area contributed by atoms with Crippen molar-refractivity contribution in [3.05, 3.63) is 24.3 Å². The second-order valence-electron chi connectivity index (χ2n) is 2.64. The third-order valence-electron chi connectivity index (χ3n) is 1.85. The van der Waals surface area contributed by atoms with Gasteiger partial charge in [0.2, 0.25) is 0 Å². The van der Waals surface area contributed by atoms with Crippen LogP contribution in [0, 0.1) is 4.78 Å². The number of ether oxygens (including phenoxy) is 1. The SMILES string of the molecule is CCS(=N)(=O)c1ccc(OC)cc1. The summed E-state index contributed by atoms with van der Waals surface area (Å²) in [5, 5.41) is 0. The fraction of sp³-hybridized carbons (Fsp3) is 0.333. The molecule has 3 nitrogen and oxygen atoms in total. The van der Waals surface area contributed by atoms with E-state index in [1.807, 2.05) is 0 Å². The fourth-order valence-electron chi connectivity index (χ4n) is 0.962. The van der Waals surface area contributed by atoms with Crippen molar-refractivity contribution < 1.29 is 8.95 Å². The maximum Gasteiger partial charge on any atom is 0.118 e. The Bertz CT molecular complexity index is 367. The highest BCUT2D eigenvalue weighted by Gasteiger charge is 2.06. The summed E-state index contributed by atoms with van der Waals surface area (Å²) >= 11 is 0. The molecular formula is C9H13NO2S. The van der Waals surface area contributed by atoms with Gasteiger partial charge in [0.05, 0.1) is 16.8 Å². The normalized spacial score (nSPS) is 14.9. The Morgan fingerprint density at radius 2 is 1.92 bits per heavy atom. The molecule has 1 rings (SSSR count). The van der Waals surface area contributed by atoms with Crippen molar-refractivity contribution in [2.75, 3.05) is 12.9 Å². The lowest BCUT2D eigenvalue weighted by Gasteiger charge is -2.05. The lowest BCUT2D eigenvalue weighted by atomic mass is 10.3. The standard InChI is InChI=1S/C9H13NO2S/c1-3-13(10,11)9-6-4-8(12-2)5-7-9/h4-7,10H,3H2,1-2H3. The first-order chi connectivity index (χ1) is 6.10. The van der Waals surface area contributed by atoms with E-state index >= 15 is 0 Å². The molecule has 4 heteroatoms. The summed E-state index contributed by atoms with van der Waals surface area (Å²) in [6.45, 7) is 1.75. The molecule has 0 radical (unpaired) electrons. The van der Waals surface area contributed by atoms with Crippen molar-refractivity contribution in [1.29, 1.82) is 4.78 Å². The minimum atomic E-state index is -2.58. The van der Waals surface area contributed by atoms with Crippen molar-refractivity contribution in [1.82, 2.24) is 0 Å². The monoisotopic (exact) mass is 199 g/mol. The molecular weight excluding hydrogens is 186 g/mol. The molecule has 1 N–H and O–H groups in total. The van der Waals surface area contributed by atoms with Crippen molar-refractivity contribution in [3.63, 3.8) is 0 Å². The molecule has 0 fully saturated rings. The summed E-state index contributed by atoms with van der Waals surface area (Å²) in [6, 6.07) is 6.80. The summed E-state index contributed by atoms with van der Waals surface area (Å²) in [5.74, 6) is 1.06. The smallest absolute Gasteiger partial charge is 0.118 e. The zero-order valence-electron chi connectivity index (χ0n) is 7.74. The van der Waals surface area contributed by atoms with E-state index in [1.165, 1.54) is 0 Å². The molecule has 1 atom stereocenters. The predicted octanol–water partition coefficient (Wildman–Crippen LogP) is 2.12. The van der Waals surface area contributed by atoms with Gasteiger partial charge in [-0.1, -0.05) is 6.92 Å². The Kier molecular flexibility index (Phi) is 2.93. The number of hydrogen-bond donors (Lipinski definition) is 1. The third kappa shape index (κ3) is 2.21. The molecule has 0 aliphatic heterocycles. The molecule has 0 aromatic heterocycles. The summed E-state index contributed by atoms with van der Waals surface area (Å²) < 4.78 is 24.1. The van der Waals surface area contributed by atoms with Crippen LogP contribution < -0.4 is 4.74 Å². The molecule has 0 amide bonds. The highest BCUT2D eigenvalue weighted by Crippen LogP contribution is 2.16. The summed E-state index contributed by atoms with van der Waals surface area (Å²) in [5.41, 5.74) is 0. The largest absolute Gasteiger partial charge is 0.497 e. The van der Waals surface area contributed by atoms with E-state index < -0.39 is 9.73 Å². The second-order valence-corrected chi connectivity index (χ2v) is 5.04. The molecule has 72 valence electrons. The first-order valence-electron chi connectivity index (χ1n) is 4.00. The van der Waals surface area contributed by atoms with Crippen LogP contribution in [-0.2, 0) is 9.73 Å². The molecule has 1 aromatic carbocycles. The minimum absolute atomic E-state index is 0.347. The average molecular weight is 199 g/mol. The summed E-state index contributed by atoms with van der Waals surface area (Å²) in [7, 11) is -1.00. The fourth-order valence-corrected chi connectivity index (χ4v) is 1.87. The number of benzene rings is 1. The van der Waals surface area contributed by atoms with Crippen LogP contribution in [0.25, 0.3) is 0 Å². The van der Waals surface area contributed by atoms with Crippen LogP contribution >= 0.6 is 0 Å². The predicted molar refractivity (Wildman–Crippen MR) is 52.7 cm³/mol. The lowest BCUT2D eigenvalue weighted by molar-refractivity contribution is 0.414. The first-order valence-corrected chi connectivity index (χ1v) is 5.73. The van der Waals surface area contributed by atoms with E-state index in [1.54, 1.807) is 38.3 Å². The third-order valence-corrected chi connectivity index (χ3v) is 3.69. The van der Waals surface area contributed by atoms with Crippen LogP contribution in [0.3, 0.4) is 0 Å². The van der Waals surface area contributed by atoms with E-state index in [4.69, 9.17) is 9.52 Å². The van der Waals surface area contributed by atoms with E-state index in [2.05, 4.69) is 0 Å². The molecule has 1 aromatic rings. The van der Waals surface area contributed by atoms with Gasteiger partial charge in [0.15, 0.2) is 0 Å². The molecule has 0 aliphatic carbocycles. The average Bonchev–Trinajstić information content (AvgIpc) is 2.18. The number of rotatable bonds is 3. The van der Waals surface area contributed by atoms with E-state index in [-0.39, 0.29) is 0 Å². The highest BCUT2D eigenvalue weighted by molar-refractivity contribution is 7.92. The van der Waals surface area contributed by atoms with Gasteiger partial charge in [-0.05, 0) is 24.3 Å². The molecule has 0 heterocycles. The molecule has 0 saturated carbocycles. The van der Waals surface area contributed by atoms with Gasteiger partial charge in [-0.2, -0.15) is 0 Å². The Morgan fingerprint density at radius 1 is 1.38 bits per heavy atom. The van der Waals surface area contributed by atoms with Crippen LogP contribution in [0.1, 0.15) is 6.92 Å². The Morgan fingerprint density at radius 3 is 2.31 bits per heavy atom. The number of nitrogens with one attached hydrogen (secondary N) is 1. The zero-order valence-corrected chi connectivity index (χ0v) is 8.56. The molecule has 0 aliphatic rings. The van der Waals surface area contributed by atoms with Gasteiger partial charge < -0.3 is 4.74 Å². The Hall–Kier alpha value is -1.03. The van der Waals surface area contributed by atoms with Crippen LogP contribution in [-0.4, -0.2) is 17.1 Å². The number of hydrogen-bond acceptors (Lipinski definition) is 3. The topological polar surface area (TPSA) is 50.2 Å². The lowest BCUT2D eigenvalue weighted by Crippen LogP contribution is -2.00. The Balaban J connectivity index is 3.06. The first kappa shape index (κ1) is 10.1. The van der Waals surface area contributed by atoms with Crippen LogP contribution in [0.15, 0.2) is 29.2 Å². The maximum atomic E-state index is 11.6. The van der Waals surface area contributed by atoms with Gasteiger partial charge in [-0.15, -0.1) is 0 Å². The Labute approximate surface area is 78.7 Å². The van der Waals surface area contributed by atoms with Crippen molar-refractivity contribution in [3.8, 4) is 5.75 Å². The van der Waals surface area contributed by atoms with Crippen molar-refractivity contribution in [2.24, 2.45) is 0 Å². The quantitative estimate of drug-likeness (QED) is 0.810. The zero-order chi connectivity index (χ0) is 9.90. The molecule has 0 saturated heterocycles. The van der Waals surface area contributed by atoms with Crippen LogP contribution in [0.4, 0.5) is 0 Å². The van der Waals surface area contributed by atoms with Gasteiger partial charge in [-0.25, -0.2) is 8.99 Å². The van der Waals surface area contributed by atoms with Crippen molar-refractivity contribution >= 4 is 9.73 Å². The van der Waals surface area contributed by atoms with E-state index in [0.717, 1.165) is 5.75 Å². The molecule has 0 spiro atoms. The van der Waals surface area contributed by atoms with Crippen LogP contribution in [0.2, 0.25) is 0 Å². The summed E-state index contributed by atoms with van der Waals surface area (Å²) in [6.07, 6.45) is 0. The highest BCUT2D eigenvalue weighted by atomic mass is 32.2. The minimum Gasteiger partial charge on any atom is -0.497 e. The van der Waals surface area contributed by atoms with Gasteiger partial charge in [0, 0.05) is 10.6 Å². The molecule has 1 unspecified atom stereocenters. The van der Waals surface area contributed by atoms with Gasteiger partial charge in [0.25, 0.3) is 0 Å². The maximum absolute atomic E-state index is 11.6. The van der Waals surface area contributed by atoms with Crippen LogP contribution in [0.5, 0.6) is 5.75 Å². The van der Waals surface area contributed by atoms with E-state index in [9.17, 15) is 4.21 Å². The van der Waals surface area contributed by atoms with Gasteiger partial charge >= 0.3 is 0 Å². The number of methoxy groups -OCH3 is 1. The second kappa shape index (κ2) is 3.79. The van der Waals surface area contributed by atoms with E-state index in [0.29, 0.717) is 10.6 Å².